The van der Waals surface area contributed by atoms with Gasteiger partial charge in [0.15, 0.2) is 0 Å². The predicted octanol–water partition coefficient (Wildman–Crippen LogP) is 0.937. The number of hydrogen-bond donors (Lipinski definition) is 2. The van der Waals surface area contributed by atoms with E-state index in [1.807, 2.05) is 0 Å². The SMILES string of the molecule is NCc1cn(CC(=O)Nc2ccc([N+](=O)[O-])cc2Cl)nn1. The van der Waals surface area contributed by atoms with Gasteiger partial charge >= 0.3 is 0 Å². The number of carbonyl (C=O) groups is 1. The molecular weight excluding hydrogens is 300 g/mol. The second kappa shape index (κ2) is 6.29. The predicted molar refractivity (Wildman–Crippen MR) is 74.6 cm³/mol. The number of amides is 1. The molecule has 0 aliphatic rings. The summed E-state index contributed by atoms with van der Waals surface area (Å²) >= 11 is 5.88. The van der Waals surface area contributed by atoms with E-state index in [9.17, 15) is 14.9 Å². The second-order valence-electron chi connectivity index (χ2n) is 4.08. The zero-order valence-corrected chi connectivity index (χ0v) is 11.4. The monoisotopic (exact) mass is 310 g/mol. The lowest BCUT2D eigenvalue weighted by molar-refractivity contribution is -0.384. The average molecular weight is 311 g/mol. The van der Waals surface area contributed by atoms with Crippen LogP contribution in [0.15, 0.2) is 24.4 Å². The van der Waals surface area contributed by atoms with Gasteiger partial charge in [-0.2, -0.15) is 0 Å². The number of nitro benzene ring substituents is 1. The lowest BCUT2D eigenvalue weighted by atomic mass is 10.3. The molecule has 0 spiro atoms. The van der Waals surface area contributed by atoms with E-state index in [0.29, 0.717) is 5.69 Å². The number of aromatic nitrogens is 3. The molecule has 2 rings (SSSR count). The first-order valence-electron chi connectivity index (χ1n) is 5.82. The normalized spacial score (nSPS) is 10.4. The van der Waals surface area contributed by atoms with Crippen molar-refractivity contribution in [3.05, 3.63) is 45.2 Å². The topological polar surface area (TPSA) is 129 Å². The highest BCUT2D eigenvalue weighted by molar-refractivity contribution is 6.33. The summed E-state index contributed by atoms with van der Waals surface area (Å²) in [4.78, 5) is 21.8. The fourth-order valence-corrected chi connectivity index (χ4v) is 1.79. The largest absolute Gasteiger partial charge is 0.325 e. The summed E-state index contributed by atoms with van der Waals surface area (Å²) in [5.41, 5.74) is 6.09. The first-order valence-corrected chi connectivity index (χ1v) is 6.20. The summed E-state index contributed by atoms with van der Waals surface area (Å²) in [6, 6.07) is 3.79. The third kappa shape index (κ3) is 3.74. The summed E-state index contributed by atoms with van der Waals surface area (Å²) < 4.78 is 1.33. The number of halogens is 1. The Hall–Kier alpha value is -2.52. The van der Waals surface area contributed by atoms with Crippen molar-refractivity contribution < 1.29 is 9.72 Å². The van der Waals surface area contributed by atoms with Gasteiger partial charge in [0.1, 0.15) is 6.54 Å². The zero-order valence-electron chi connectivity index (χ0n) is 10.7. The Bertz CT molecular complexity index is 686. The molecule has 3 N–H and O–H groups in total. The van der Waals surface area contributed by atoms with Crippen molar-refractivity contribution in [2.24, 2.45) is 5.73 Å². The van der Waals surface area contributed by atoms with E-state index in [0.717, 1.165) is 0 Å². The van der Waals surface area contributed by atoms with Crippen molar-refractivity contribution >= 4 is 28.9 Å². The van der Waals surface area contributed by atoms with E-state index in [2.05, 4.69) is 15.6 Å². The molecule has 110 valence electrons. The van der Waals surface area contributed by atoms with Crippen LogP contribution >= 0.6 is 11.6 Å². The lowest BCUT2D eigenvalue weighted by Crippen LogP contribution is -2.19. The first-order chi connectivity index (χ1) is 9.99. The Morgan fingerprint density at radius 3 is 2.86 bits per heavy atom. The Labute approximate surface area is 123 Å². The van der Waals surface area contributed by atoms with Crippen LogP contribution in [0.1, 0.15) is 5.69 Å². The number of rotatable bonds is 5. The van der Waals surface area contributed by atoms with Gasteiger partial charge in [-0.25, -0.2) is 4.68 Å². The van der Waals surface area contributed by atoms with Crippen LogP contribution in [0.2, 0.25) is 5.02 Å². The van der Waals surface area contributed by atoms with E-state index >= 15 is 0 Å². The molecule has 0 atom stereocenters. The van der Waals surface area contributed by atoms with Gasteiger partial charge in [0.05, 0.1) is 27.5 Å². The minimum absolute atomic E-state index is 0.0691. The summed E-state index contributed by atoms with van der Waals surface area (Å²) in [5, 5.41) is 20.7. The van der Waals surface area contributed by atoms with Gasteiger partial charge in [-0.15, -0.1) is 5.10 Å². The maximum absolute atomic E-state index is 11.8. The van der Waals surface area contributed by atoms with Crippen molar-refractivity contribution in [1.29, 1.82) is 0 Å². The number of anilines is 1. The van der Waals surface area contributed by atoms with Gasteiger partial charge in [0, 0.05) is 18.7 Å². The summed E-state index contributed by atoms with van der Waals surface area (Å²) in [6.07, 6.45) is 1.55. The maximum atomic E-state index is 11.8. The number of non-ortho nitro benzene ring substituents is 1. The third-order valence-corrected chi connectivity index (χ3v) is 2.85. The molecule has 0 saturated heterocycles. The van der Waals surface area contributed by atoms with Gasteiger partial charge in [-0.05, 0) is 6.07 Å². The van der Waals surface area contributed by atoms with Crippen molar-refractivity contribution in [2.75, 3.05) is 5.32 Å². The van der Waals surface area contributed by atoms with E-state index in [1.165, 1.54) is 22.9 Å². The highest BCUT2D eigenvalue weighted by Gasteiger charge is 2.12. The van der Waals surface area contributed by atoms with Crippen LogP contribution in [-0.4, -0.2) is 25.8 Å². The summed E-state index contributed by atoms with van der Waals surface area (Å²) in [5.74, 6) is -0.390. The molecule has 1 heterocycles. The van der Waals surface area contributed by atoms with Crippen LogP contribution < -0.4 is 11.1 Å². The molecule has 0 unspecified atom stereocenters. The van der Waals surface area contributed by atoms with Gasteiger partial charge in [-0.3, -0.25) is 14.9 Å². The van der Waals surface area contributed by atoms with Crippen LogP contribution in [0.5, 0.6) is 0 Å². The highest BCUT2D eigenvalue weighted by Crippen LogP contribution is 2.26. The van der Waals surface area contributed by atoms with Crippen LogP contribution in [0.4, 0.5) is 11.4 Å². The number of nitrogens with one attached hydrogen (secondary N) is 1. The summed E-state index contributed by atoms with van der Waals surface area (Å²) in [7, 11) is 0. The Balaban J connectivity index is 2.04. The molecule has 0 aliphatic carbocycles. The van der Waals surface area contributed by atoms with E-state index in [-0.39, 0.29) is 35.4 Å². The number of nitrogens with zero attached hydrogens (tertiary/aromatic N) is 4. The highest BCUT2D eigenvalue weighted by atomic mass is 35.5. The van der Waals surface area contributed by atoms with E-state index in [1.54, 1.807) is 6.20 Å². The Morgan fingerprint density at radius 1 is 1.52 bits per heavy atom. The van der Waals surface area contributed by atoms with Gasteiger partial charge in [-0.1, -0.05) is 16.8 Å². The lowest BCUT2D eigenvalue weighted by Gasteiger charge is -2.06. The molecule has 21 heavy (non-hydrogen) atoms. The Kier molecular flexibility index (Phi) is 4.45. The van der Waals surface area contributed by atoms with Gasteiger partial charge in [0.2, 0.25) is 5.91 Å². The molecule has 1 amide bonds. The van der Waals surface area contributed by atoms with Gasteiger partial charge in [0.25, 0.3) is 5.69 Å². The molecule has 10 heteroatoms. The van der Waals surface area contributed by atoms with Crippen LogP contribution in [-0.2, 0) is 17.9 Å². The molecule has 0 fully saturated rings. The number of nitro groups is 1. The smallest absolute Gasteiger partial charge is 0.271 e. The summed E-state index contributed by atoms with van der Waals surface area (Å²) in [6.45, 7) is 0.163. The standard InChI is InChI=1S/C11H11ClN6O3/c12-9-3-8(18(20)21)1-2-10(9)14-11(19)6-17-5-7(4-13)15-16-17/h1-3,5H,4,6,13H2,(H,14,19). The van der Waals surface area contributed by atoms with Crippen molar-refractivity contribution in [1.82, 2.24) is 15.0 Å². The van der Waals surface area contributed by atoms with Crippen molar-refractivity contribution in [3.8, 4) is 0 Å². The van der Waals surface area contributed by atoms with Crippen LogP contribution in [0, 0.1) is 10.1 Å². The van der Waals surface area contributed by atoms with Crippen molar-refractivity contribution in [3.63, 3.8) is 0 Å². The fourth-order valence-electron chi connectivity index (χ4n) is 1.57. The molecular formula is C11H11ClN6O3. The average Bonchev–Trinajstić information content (AvgIpc) is 2.88. The third-order valence-electron chi connectivity index (χ3n) is 2.54. The fraction of sp³-hybridized carbons (Fsp3) is 0.182. The zero-order chi connectivity index (χ0) is 15.4. The molecule has 0 saturated carbocycles. The molecule has 1 aromatic heterocycles. The molecule has 0 radical (unpaired) electrons. The molecule has 9 nitrogen and oxygen atoms in total. The number of hydrogen-bond acceptors (Lipinski definition) is 6. The number of nitrogens with two attached hydrogens (primary N) is 1. The molecule has 2 aromatic rings. The maximum Gasteiger partial charge on any atom is 0.271 e. The van der Waals surface area contributed by atoms with E-state index in [4.69, 9.17) is 17.3 Å². The quantitative estimate of drug-likeness (QED) is 0.624. The van der Waals surface area contributed by atoms with Crippen LogP contribution in [0.25, 0.3) is 0 Å². The number of benzene rings is 1. The minimum atomic E-state index is -0.568. The van der Waals surface area contributed by atoms with Crippen LogP contribution in [0.3, 0.4) is 0 Å². The van der Waals surface area contributed by atoms with Gasteiger partial charge < -0.3 is 11.1 Å². The van der Waals surface area contributed by atoms with E-state index < -0.39 is 4.92 Å². The Morgan fingerprint density at radius 2 is 2.29 bits per heavy atom. The molecule has 1 aromatic carbocycles. The van der Waals surface area contributed by atoms with Crippen molar-refractivity contribution in [2.45, 2.75) is 13.1 Å². The molecule has 0 bridgehead atoms. The second-order valence-corrected chi connectivity index (χ2v) is 4.49. The molecule has 0 aliphatic heterocycles. The first kappa shape index (κ1) is 14.9. The number of carbonyl (C=O) groups excluding carboxylic acids is 1. The minimum Gasteiger partial charge on any atom is -0.325 e.